The van der Waals surface area contributed by atoms with Crippen molar-refractivity contribution in [3.05, 3.63) is 71.0 Å². The van der Waals surface area contributed by atoms with E-state index in [0.717, 1.165) is 23.3 Å². The normalized spacial score (nSPS) is 13.2. The summed E-state index contributed by atoms with van der Waals surface area (Å²) in [5.74, 6) is -0.310. The summed E-state index contributed by atoms with van der Waals surface area (Å²) in [6, 6.07) is 11.1. The van der Waals surface area contributed by atoms with Crippen molar-refractivity contribution in [1.82, 2.24) is 5.32 Å². The Morgan fingerprint density at radius 3 is 2.29 bits per heavy atom. The average molecular weight is 297 g/mol. The molecule has 0 unspecified atom stereocenters. The lowest BCUT2D eigenvalue weighted by Gasteiger charge is -2.15. The molecular weight excluding hydrogens is 282 g/mol. The van der Waals surface area contributed by atoms with E-state index in [0.29, 0.717) is 6.54 Å². The zero-order valence-corrected chi connectivity index (χ0v) is 11.4. The molecule has 112 valence electrons. The SMILES string of the molecule is C[C@H](NCc1ccc(C(F)(F)F)cc1)c1cccc(F)c1. The van der Waals surface area contributed by atoms with Gasteiger partial charge < -0.3 is 5.32 Å². The third-order valence-electron chi connectivity index (χ3n) is 3.24. The first-order chi connectivity index (χ1) is 9.86. The lowest BCUT2D eigenvalue weighted by atomic mass is 10.1. The second kappa shape index (κ2) is 6.26. The first-order valence-corrected chi connectivity index (χ1v) is 6.51. The Hall–Kier alpha value is -1.88. The summed E-state index contributed by atoms with van der Waals surface area (Å²) in [6.07, 6.45) is -4.32. The van der Waals surface area contributed by atoms with Gasteiger partial charge in [-0.2, -0.15) is 13.2 Å². The molecule has 0 aliphatic rings. The van der Waals surface area contributed by atoms with Crippen LogP contribution in [0.1, 0.15) is 29.7 Å². The van der Waals surface area contributed by atoms with Gasteiger partial charge in [-0.15, -0.1) is 0 Å². The minimum absolute atomic E-state index is 0.0945. The van der Waals surface area contributed by atoms with Crippen LogP contribution in [-0.2, 0) is 12.7 Å². The Balaban J connectivity index is 1.97. The molecule has 1 nitrogen and oxygen atoms in total. The molecule has 5 heteroatoms. The number of alkyl halides is 3. The average Bonchev–Trinajstić information content (AvgIpc) is 2.44. The van der Waals surface area contributed by atoms with Crippen molar-refractivity contribution in [3.8, 4) is 0 Å². The second-order valence-corrected chi connectivity index (χ2v) is 4.85. The van der Waals surface area contributed by atoms with Crippen LogP contribution in [0, 0.1) is 5.82 Å². The van der Waals surface area contributed by atoms with Crippen molar-refractivity contribution in [2.24, 2.45) is 0 Å². The van der Waals surface area contributed by atoms with Gasteiger partial charge >= 0.3 is 6.18 Å². The summed E-state index contributed by atoms with van der Waals surface area (Å²) in [5.41, 5.74) is 0.873. The summed E-state index contributed by atoms with van der Waals surface area (Å²) in [5, 5.41) is 3.15. The van der Waals surface area contributed by atoms with Crippen molar-refractivity contribution in [2.45, 2.75) is 25.7 Å². The van der Waals surface area contributed by atoms with Gasteiger partial charge in [-0.3, -0.25) is 0 Å². The third-order valence-corrected chi connectivity index (χ3v) is 3.24. The number of benzene rings is 2. The molecule has 0 fully saturated rings. The molecular formula is C16H15F4N. The molecule has 2 aromatic carbocycles. The van der Waals surface area contributed by atoms with E-state index in [1.165, 1.54) is 24.3 Å². The summed E-state index contributed by atoms with van der Waals surface area (Å²) in [6.45, 7) is 2.29. The van der Waals surface area contributed by atoms with E-state index in [2.05, 4.69) is 5.32 Å². The molecule has 0 aliphatic carbocycles. The van der Waals surface area contributed by atoms with Crippen molar-refractivity contribution < 1.29 is 17.6 Å². The van der Waals surface area contributed by atoms with Crippen LogP contribution in [0.5, 0.6) is 0 Å². The van der Waals surface area contributed by atoms with Gasteiger partial charge in [0.2, 0.25) is 0 Å². The van der Waals surface area contributed by atoms with Gasteiger partial charge in [-0.05, 0) is 42.3 Å². The van der Waals surface area contributed by atoms with E-state index < -0.39 is 11.7 Å². The van der Waals surface area contributed by atoms with Crippen LogP contribution in [0.4, 0.5) is 17.6 Å². The molecule has 0 aliphatic heterocycles. The Morgan fingerprint density at radius 1 is 1.05 bits per heavy atom. The van der Waals surface area contributed by atoms with Crippen molar-refractivity contribution in [3.63, 3.8) is 0 Å². The Morgan fingerprint density at radius 2 is 1.71 bits per heavy atom. The zero-order chi connectivity index (χ0) is 15.5. The zero-order valence-electron chi connectivity index (χ0n) is 11.4. The monoisotopic (exact) mass is 297 g/mol. The van der Waals surface area contributed by atoms with Crippen molar-refractivity contribution in [2.75, 3.05) is 0 Å². The lowest BCUT2D eigenvalue weighted by Crippen LogP contribution is -2.18. The molecule has 1 atom stereocenters. The van der Waals surface area contributed by atoms with Crippen molar-refractivity contribution >= 4 is 0 Å². The van der Waals surface area contributed by atoms with Crippen LogP contribution in [0.15, 0.2) is 48.5 Å². The molecule has 0 heterocycles. The fourth-order valence-corrected chi connectivity index (χ4v) is 1.98. The first kappa shape index (κ1) is 15.5. The molecule has 0 amide bonds. The second-order valence-electron chi connectivity index (χ2n) is 4.85. The molecule has 2 aromatic rings. The van der Waals surface area contributed by atoms with E-state index in [9.17, 15) is 17.6 Å². The lowest BCUT2D eigenvalue weighted by molar-refractivity contribution is -0.137. The fraction of sp³-hybridized carbons (Fsp3) is 0.250. The van der Waals surface area contributed by atoms with Crippen LogP contribution < -0.4 is 5.32 Å². The summed E-state index contributed by atoms with van der Waals surface area (Å²) < 4.78 is 50.4. The van der Waals surface area contributed by atoms with Gasteiger partial charge in [0.1, 0.15) is 5.82 Å². The van der Waals surface area contributed by atoms with E-state index in [1.807, 2.05) is 6.92 Å². The van der Waals surface area contributed by atoms with E-state index in [1.54, 1.807) is 12.1 Å². The fourth-order valence-electron chi connectivity index (χ4n) is 1.98. The Labute approximate surface area is 120 Å². The van der Waals surface area contributed by atoms with Gasteiger partial charge in [0, 0.05) is 12.6 Å². The van der Waals surface area contributed by atoms with E-state index >= 15 is 0 Å². The van der Waals surface area contributed by atoms with Gasteiger partial charge in [-0.25, -0.2) is 4.39 Å². The van der Waals surface area contributed by atoms with Crippen LogP contribution in [0.2, 0.25) is 0 Å². The van der Waals surface area contributed by atoms with E-state index in [-0.39, 0.29) is 11.9 Å². The quantitative estimate of drug-likeness (QED) is 0.807. The van der Waals surface area contributed by atoms with E-state index in [4.69, 9.17) is 0 Å². The highest BCUT2D eigenvalue weighted by atomic mass is 19.4. The highest BCUT2D eigenvalue weighted by molar-refractivity contribution is 5.25. The summed E-state index contributed by atoms with van der Waals surface area (Å²) in [7, 11) is 0. The molecule has 0 spiro atoms. The minimum Gasteiger partial charge on any atom is -0.306 e. The molecule has 2 rings (SSSR count). The van der Waals surface area contributed by atoms with Crippen LogP contribution in [0.3, 0.4) is 0 Å². The van der Waals surface area contributed by atoms with Crippen LogP contribution >= 0.6 is 0 Å². The highest BCUT2D eigenvalue weighted by Crippen LogP contribution is 2.29. The molecule has 0 saturated carbocycles. The number of hydrogen-bond acceptors (Lipinski definition) is 1. The van der Waals surface area contributed by atoms with Gasteiger partial charge in [0.05, 0.1) is 5.56 Å². The maximum atomic E-state index is 13.1. The number of halogens is 4. The largest absolute Gasteiger partial charge is 0.416 e. The van der Waals surface area contributed by atoms with Gasteiger partial charge in [-0.1, -0.05) is 24.3 Å². The molecule has 0 aromatic heterocycles. The smallest absolute Gasteiger partial charge is 0.306 e. The standard InChI is InChI=1S/C16H15F4N/c1-11(13-3-2-4-15(17)9-13)21-10-12-5-7-14(8-6-12)16(18,19)20/h2-9,11,21H,10H2,1H3/t11-/m0/s1. The predicted molar refractivity (Wildman–Crippen MR) is 73.1 cm³/mol. The topological polar surface area (TPSA) is 12.0 Å². The Bertz CT molecular complexity index is 590. The summed E-state index contributed by atoms with van der Waals surface area (Å²) >= 11 is 0. The van der Waals surface area contributed by atoms with Crippen molar-refractivity contribution in [1.29, 1.82) is 0 Å². The highest BCUT2D eigenvalue weighted by Gasteiger charge is 2.29. The van der Waals surface area contributed by atoms with Gasteiger partial charge in [0.25, 0.3) is 0 Å². The van der Waals surface area contributed by atoms with Crippen LogP contribution in [0.25, 0.3) is 0 Å². The number of rotatable bonds is 4. The number of hydrogen-bond donors (Lipinski definition) is 1. The number of nitrogens with one attached hydrogen (secondary N) is 1. The minimum atomic E-state index is -4.32. The molecule has 0 bridgehead atoms. The maximum absolute atomic E-state index is 13.1. The molecule has 1 N–H and O–H groups in total. The Kier molecular flexibility index (Phi) is 4.63. The molecule has 0 radical (unpaired) electrons. The predicted octanol–water partition coefficient (Wildman–Crippen LogP) is 4.70. The maximum Gasteiger partial charge on any atom is 0.416 e. The van der Waals surface area contributed by atoms with Gasteiger partial charge in [0.15, 0.2) is 0 Å². The summed E-state index contributed by atoms with van der Waals surface area (Å²) in [4.78, 5) is 0. The third kappa shape index (κ3) is 4.29. The molecule has 21 heavy (non-hydrogen) atoms. The molecule has 0 saturated heterocycles. The van der Waals surface area contributed by atoms with Crippen LogP contribution in [-0.4, -0.2) is 0 Å². The first-order valence-electron chi connectivity index (χ1n) is 6.51.